The molecule has 0 amide bonds. The van der Waals surface area contributed by atoms with E-state index in [0.29, 0.717) is 0 Å². The molecule has 0 aliphatic rings. The van der Waals surface area contributed by atoms with E-state index in [4.69, 9.17) is 4.74 Å². The first-order valence-corrected chi connectivity index (χ1v) is 6.57. The molecule has 0 heterocycles. The molecule has 0 aliphatic carbocycles. The summed E-state index contributed by atoms with van der Waals surface area (Å²) in [6, 6.07) is 17.8. The van der Waals surface area contributed by atoms with Crippen LogP contribution in [0.2, 0.25) is 0 Å². The van der Waals surface area contributed by atoms with Gasteiger partial charge in [-0.3, -0.25) is 0 Å². The zero-order valence-electron chi connectivity index (χ0n) is 9.34. The van der Waals surface area contributed by atoms with Gasteiger partial charge in [0, 0.05) is 10.9 Å². The maximum Gasteiger partial charge on any atom is 0.134 e. The predicted octanol–water partition coefficient (Wildman–Crippen LogP) is 4.89. The van der Waals surface area contributed by atoms with Gasteiger partial charge in [0.1, 0.15) is 11.5 Å². The van der Waals surface area contributed by atoms with Crippen LogP contribution in [0.5, 0.6) is 11.5 Å². The van der Waals surface area contributed by atoms with E-state index < -0.39 is 0 Å². The number of hydrogen-bond acceptors (Lipinski definition) is 1. The Balaban J connectivity index is 2.23. The van der Waals surface area contributed by atoms with Crippen molar-refractivity contribution in [3.63, 3.8) is 0 Å². The van der Waals surface area contributed by atoms with Crippen molar-refractivity contribution in [1.29, 1.82) is 0 Å². The van der Waals surface area contributed by atoms with Gasteiger partial charge in [0.25, 0.3) is 0 Å². The molecule has 0 saturated carbocycles. The Morgan fingerprint density at radius 1 is 0.941 bits per heavy atom. The maximum absolute atomic E-state index is 5.84. The van der Waals surface area contributed by atoms with E-state index in [1.54, 1.807) is 0 Å². The van der Waals surface area contributed by atoms with Gasteiger partial charge in [0.15, 0.2) is 0 Å². The summed E-state index contributed by atoms with van der Waals surface area (Å²) in [5, 5.41) is 0.840. The number of para-hydroxylation sites is 2. The lowest BCUT2D eigenvalue weighted by Crippen LogP contribution is -1.86. The third kappa shape index (κ3) is 3.46. The quantitative estimate of drug-likeness (QED) is 0.728. The molecule has 0 N–H and O–H groups in total. The van der Waals surface area contributed by atoms with Gasteiger partial charge in [-0.1, -0.05) is 64.5 Å². The van der Waals surface area contributed by atoms with Gasteiger partial charge in [0.2, 0.25) is 0 Å². The van der Waals surface area contributed by atoms with Crippen LogP contribution in [0.4, 0.5) is 0 Å². The van der Waals surface area contributed by atoms with Crippen LogP contribution < -0.4 is 4.74 Å². The van der Waals surface area contributed by atoms with Gasteiger partial charge >= 0.3 is 0 Å². The Kier molecular flexibility index (Phi) is 4.39. The zero-order chi connectivity index (χ0) is 11.9. The first kappa shape index (κ1) is 11.9. The highest BCUT2D eigenvalue weighted by Crippen LogP contribution is 2.25. The van der Waals surface area contributed by atoms with Crippen LogP contribution in [0.3, 0.4) is 0 Å². The molecule has 0 fully saturated rings. The molecular weight excluding hydrogens is 276 g/mol. The molecule has 2 aromatic rings. The summed E-state index contributed by atoms with van der Waals surface area (Å²) in [5.41, 5.74) is 1.08. The van der Waals surface area contributed by atoms with Crippen molar-refractivity contribution in [3.8, 4) is 11.5 Å². The van der Waals surface area contributed by atoms with Crippen molar-refractivity contribution in [2.45, 2.75) is 0 Å². The first-order valence-electron chi connectivity index (χ1n) is 5.44. The molecule has 0 unspecified atom stereocenters. The van der Waals surface area contributed by atoms with Crippen molar-refractivity contribution in [3.05, 3.63) is 66.2 Å². The van der Waals surface area contributed by atoms with E-state index in [1.807, 2.05) is 66.7 Å². The molecule has 0 bridgehead atoms. The average molecular weight is 289 g/mol. The number of benzene rings is 2. The summed E-state index contributed by atoms with van der Waals surface area (Å²) in [7, 11) is 0. The van der Waals surface area contributed by atoms with E-state index >= 15 is 0 Å². The SMILES string of the molecule is BrC/C=C/c1ccccc1Oc1ccccc1. The van der Waals surface area contributed by atoms with Crippen molar-refractivity contribution < 1.29 is 4.74 Å². The largest absolute Gasteiger partial charge is 0.457 e. The maximum atomic E-state index is 5.84. The normalized spacial score (nSPS) is 10.6. The molecule has 2 aromatic carbocycles. The smallest absolute Gasteiger partial charge is 0.134 e. The first-order chi connectivity index (χ1) is 8.40. The highest BCUT2D eigenvalue weighted by Gasteiger charge is 2.00. The predicted molar refractivity (Wildman–Crippen MR) is 75.8 cm³/mol. The van der Waals surface area contributed by atoms with Crippen LogP contribution in [0, 0.1) is 0 Å². The van der Waals surface area contributed by atoms with Gasteiger partial charge in [-0.15, -0.1) is 0 Å². The average Bonchev–Trinajstić information content (AvgIpc) is 2.39. The van der Waals surface area contributed by atoms with Gasteiger partial charge in [-0.05, 0) is 18.2 Å². The number of hydrogen-bond donors (Lipinski definition) is 0. The van der Waals surface area contributed by atoms with E-state index in [1.165, 1.54) is 0 Å². The highest BCUT2D eigenvalue weighted by molar-refractivity contribution is 9.09. The summed E-state index contributed by atoms with van der Waals surface area (Å²) >= 11 is 3.37. The topological polar surface area (TPSA) is 9.23 Å². The zero-order valence-corrected chi connectivity index (χ0v) is 10.9. The van der Waals surface area contributed by atoms with Crippen molar-refractivity contribution in [2.75, 3.05) is 5.33 Å². The van der Waals surface area contributed by atoms with E-state index in [2.05, 4.69) is 15.9 Å². The monoisotopic (exact) mass is 288 g/mol. The van der Waals surface area contributed by atoms with Crippen LogP contribution in [-0.2, 0) is 0 Å². The van der Waals surface area contributed by atoms with E-state index in [-0.39, 0.29) is 0 Å². The molecule has 2 heteroatoms. The van der Waals surface area contributed by atoms with Crippen molar-refractivity contribution in [2.24, 2.45) is 0 Å². The number of halogens is 1. The lowest BCUT2D eigenvalue weighted by Gasteiger charge is -2.08. The fraction of sp³-hybridized carbons (Fsp3) is 0.0667. The van der Waals surface area contributed by atoms with E-state index in [9.17, 15) is 0 Å². The van der Waals surface area contributed by atoms with E-state index in [0.717, 1.165) is 22.4 Å². The number of ether oxygens (including phenoxy) is 1. The van der Waals surface area contributed by atoms with Crippen molar-refractivity contribution in [1.82, 2.24) is 0 Å². The third-order valence-electron chi connectivity index (χ3n) is 2.28. The number of alkyl halides is 1. The standard InChI is InChI=1S/C15H13BrO/c16-12-6-8-13-7-4-5-11-15(13)17-14-9-2-1-3-10-14/h1-11H,12H2/b8-6+. The van der Waals surface area contributed by atoms with Gasteiger partial charge in [0.05, 0.1) is 0 Å². The van der Waals surface area contributed by atoms with Crippen LogP contribution in [0.15, 0.2) is 60.7 Å². The van der Waals surface area contributed by atoms with Crippen LogP contribution in [0.1, 0.15) is 5.56 Å². The van der Waals surface area contributed by atoms with Crippen LogP contribution in [-0.4, -0.2) is 5.33 Å². The van der Waals surface area contributed by atoms with Gasteiger partial charge < -0.3 is 4.74 Å². The molecule has 2 rings (SSSR count). The molecule has 0 aromatic heterocycles. The molecular formula is C15H13BrO. The molecule has 0 atom stereocenters. The summed E-state index contributed by atoms with van der Waals surface area (Å²) in [5.74, 6) is 1.73. The van der Waals surface area contributed by atoms with Gasteiger partial charge in [-0.2, -0.15) is 0 Å². The van der Waals surface area contributed by atoms with Gasteiger partial charge in [-0.25, -0.2) is 0 Å². The second kappa shape index (κ2) is 6.26. The Hall–Kier alpha value is -1.54. The Bertz CT molecular complexity index is 491. The molecule has 0 radical (unpaired) electrons. The molecule has 0 saturated heterocycles. The molecule has 0 aliphatic heterocycles. The molecule has 86 valence electrons. The number of allylic oxidation sites excluding steroid dienone is 1. The minimum atomic E-state index is 0.840. The Labute approximate surface area is 110 Å². The fourth-order valence-corrected chi connectivity index (χ4v) is 1.69. The lowest BCUT2D eigenvalue weighted by molar-refractivity contribution is 0.481. The fourth-order valence-electron chi connectivity index (χ4n) is 1.50. The summed E-state index contributed by atoms with van der Waals surface area (Å²) < 4.78 is 5.84. The van der Waals surface area contributed by atoms with Crippen molar-refractivity contribution >= 4 is 22.0 Å². The highest BCUT2D eigenvalue weighted by atomic mass is 79.9. The second-order valence-electron chi connectivity index (χ2n) is 3.51. The summed E-state index contributed by atoms with van der Waals surface area (Å²) in [6.07, 6.45) is 4.10. The minimum Gasteiger partial charge on any atom is -0.457 e. The lowest BCUT2D eigenvalue weighted by atomic mass is 10.2. The summed E-state index contributed by atoms with van der Waals surface area (Å²) in [6.45, 7) is 0. The Morgan fingerprint density at radius 2 is 1.65 bits per heavy atom. The Morgan fingerprint density at radius 3 is 2.41 bits per heavy atom. The molecule has 0 spiro atoms. The van der Waals surface area contributed by atoms with Crippen LogP contribution >= 0.6 is 15.9 Å². The molecule has 17 heavy (non-hydrogen) atoms. The number of rotatable bonds is 4. The molecule has 1 nitrogen and oxygen atoms in total. The third-order valence-corrected chi connectivity index (χ3v) is 2.65. The minimum absolute atomic E-state index is 0.840. The summed E-state index contributed by atoms with van der Waals surface area (Å²) in [4.78, 5) is 0. The second-order valence-corrected chi connectivity index (χ2v) is 4.16. The van der Waals surface area contributed by atoms with Crippen LogP contribution in [0.25, 0.3) is 6.08 Å².